The minimum absolute atomic E-state index is 0.662. The lowest BCUT2D eigenvalue weighted by molar-refractivity contribution is 0.573. The van der Waals surface area contributed by atoms with Gasteiger partial charge >= 0.3 is 0 Å². The summed E-state index contributed by atoms with van der Waals surface area (Å²) in [6.07, 6.45) is 3.86. The van der Waals surface area contributed by atoms with Crippen molar-refractivity contribution in [1.82, 2.24) is 0 Å². The second kappa shape index (κ2) is 5.24. The number of hydrogen-bond acceptors (Lipinski definition) is 2. The zero-order chi connectivity index (χ0) is 10.7. The van der Waals surface area contributed by atoms with Crippen LogP contribution >= 0.6 is 23.4 Å². The molecular weight excluding hydrogens is 226 g/mol. The van der Waals surface area contributed by atoms with Gasteiger partial charge in [-0.15, -0.1) is 11.8 Å². The third-order valence-electron chi connectivity index (χ3n) is 3.01. The van der Waals surface area contributed by atoms with E-state index in [9.17, 15) is 0 Å². The molecular formula is C12H16ClNS. The average molecular weight is 242 g/mol. The molecule has 0 spiro atoms. The summed E-state index contributed by atoms with van der Waals surface area (Å²) in [5.41, 5.74) is 5.77. The molecule has 0 aliphatic heterocycles. The molecule has 1 aliphatic carbocycles. The van der Waals surface area contributed by atoms with Crippen LogP contribution in [0.4, 0.5) is 0 Å². The smallest absolute Gasteiger partial charge is 0.0541 e. The summed E-state index contributed by atoms with van der Waals surface area (Å²) in [5.74, 6) is 0.672. The van der Waals surface area contributed by atoms with Crippen molar-refractivity contribution in [1.29, 1.82) is 0 Å². The fourth-order valence-electron chi connectivity index (χ4n) is 2.13. The Labute approximate surface area is 100 Å². The first-order chi connectivity index (χ1) is 7.31. The van der Waals surface area contributed by atoms with Gasteiger partial charge in [-0.25, -0.2) is 0 Å². The van der Waals surface area contributed by atoms with Crippen molar-refractivity contribution < 1.29 is 0 Å². The normalized spacial score (nSPS) is 25.7. The second-order valence-corrected chi connectivity index (χ2v) is 5.70. The molecule has 0 aromatic heterocycles. The fourth-order valence-corrected chi connectivity index (χ4v) is 3.79. The summed E-state index contributed by atoms with van der Waals surface area (Å²) in [5, 5.41) is 1.53. The molecule has 1 fully saturated rings. The predicted molar refractivity (Wildman–Crippen MR) is 67.5 cm³/mol. The largest absolute Gasteiger partial charge is 0.330 e. The van der Waals surface area contributed by atoms with Gasteiger partial charge in [0.2, 0.25) is 0 Å². The van der Waals surface area contributed by atoms with Gasteiger partial charge in [0.1, 0.15) is 0 Å². The van der Waals surface area contributed by atoms with Gasteiger partial charge in [-0.3, -0.25) is 0 Å². The van der Waals surface area contributed by atoms with Gasteiger partial charge in [-0.2, -0.15) is 0 Å². The second-order valence-electron chi connectivity index (χ2n) is 4.01. The molecule has 0 heterocycles. The topological polar surface area (TPSA) is 26.0 Å². The first-order valence-electron chi connectivity index (χ1n) is 5.42. The van der Waals surface area contributed by atoms with Crippen LogP contribution in [0.1, 0.15) is 19.3 Å². The van der Waals surface area contributed by atoms with Crippen LogP contribution in [0.25, 0.3) is 0 Å². The molecule has 82 valence electrons. The monoisotopic (exact) mass is 241 g/mol. The molecule has 2 unspecified atom stereocenters. The predicted octanol–water partition coefficient (Wildman–Crippen LogP) is 3.56. The van der Waals surface area contributed by atoms with Crippen LogP contribution in [-0.4, -0.2) is 11.8 Å². The Balaban J connectivity index is 2.05. The Bertz CT molecular complexity index is 329. The molecule has 2 N–H and O–H groups in total. The van der Waals surface area contributed by atoms with Crippen molar-refractivity contribution in [3.8, 4) is 0 Å². The van der Waals surface area contributed by atoms with E-state index in [0.717, 1.165) is 11.6 Å². The van der Waals surface area contributed by atoms with Crippen molar-refractivity contribution >= 4 is 23.4 Å². The van der Waals surface area contributed by atoms with Crippen LogP contribution < -0.4 is 5.73 Å². The van der Waals surface area contributed by atoms with Gasteiger partial charge in [-0.05, 0) is 37.4 Å². The number of benzene rings is 1. The summed E-state index contributed by atoms with van der Waals surface area (Å²) >= 11 is 8.04. The zero-order valence-corrected chi connectivity index (χ0v) is 10.2. The molecule has 1 aliphatic rings. The quantitative estimate of drug-likeness (QED) is 0.876. The first kappa shape index (κ1) is 11.3. The maximum absolute atomic E-state index is 6.14. The van der Waals surface area contributed by atoms with Crippen molar-refractivity contribution in [2.24, 2.45) is 11.7 Å². The Hall–Kier alpha value is -0.180. The highest BCUT2D eigenvalue weighted by Gasteiger charge is 2.27. The van der Waals surface area contributed by atoms with Gasteiger partial charge in [0.15, 0.2) is 0 Å². The Morgan fingerprint density at radius 1 is 1.33 bits per heavy atom. The molecule has 1 aromatic carbocycles. The first-order valence-corrected chi connectivity index (χ1v) is 6.68. The van der Waals surface area contributed by atoms with Crippen LogP contribution in [0, 0.1) is 5.92 Å². The molecule has 1 saturated carbocycles. The molecule has 2 atom stereocenters. The van der Waals surface area contributed by atoms with Crippen LogP contribution in [0.15, 0.2) is 29.2 Å². The summed E-state index contributed by atoms with van der Waals surface area (Å²) in [4.78, 5) is 1.20. The van der Waals surface area contributed by atoms with E-state index in [4.69, 9.17) is 17.3 Å². The number of nitrogens with two attached hydrogens (primary N) is 1. The van der Waals surface area contributed by atoms with Gasteiger partial charge < -0.3 is 5.73 Å². The van der Waals surface area contributed by atoms with Crippen molar-refractivity contribution in [2.75, 3.05) is 6.54 Å². The average Bonchev–Trinajstić information content (AvgIpc) is 2.69. The maximum atomic E-state index is 6.14. The van der Waals surface area contributed by atoms with Crippen molar-refractivity contribution in [2.45, 2.75) is 29.4 Å². The minimum Gasteiger partial charge on any atom is -0.330 e. The van der Waals surface area contributed by atoms with E-state index in [1.165, 1.54) is 24.2 Å². The summed E-state index contributed by atoms with van der Waals surface area (Å²) < 4.78 is 0. The highest BCUT2D eigenvalue weighted by atomic mass is 35.5. The molecule has 0 saturated heterocycles. The molecule has 0 radical (unpaired) electrons. The van der Waals surface area contributed by atoms with Crippen LogP contribution in [0.5, 0.6) is 0 Å². The van der Waals surface area contributed by atoms with Gasteiger partial charge in [0.05, 0.1) is 5.02 Å². The fraction of sp³-hybridized carbons (Fsp3) is 0.500. The van der Waals surface area contributed by atoms with E-state index >= 15 is 0 Å². The SMILES string of the molecule is NCC1CCCC1Sc1ccccc1Cl. The maximum Gasteiger partial charge on any atom is 0.0541 e. The lowest BCUT2D eigenvalue weighted by Crippen LogP contribution is -2.20. The number of thioether (sulfide) groups is 1. The van der Waals surface area contributed by atoms with Crippen molar-refractivity contribution in [3.63, 3.8) is 0 Å². The molecule has 15 heavy (non-hydrogen) atoms. The van der Waals surface area contributed by atoms with E-state index in [-0.39, 0.29) is 0 Å². The number of rotatable bonds is 3. The van der Waals surface area contributed by atoms with E-state index in [1.807, 2.05) is 30.0 Å². The summed E-state index contributed by atoms with van der Waals surface area (Å²) in [6.45, 7) is 0.808. The third-order valence-corrected chi connectivity index (χ3v) is 4.98. The Kier molecular flexibility index (Phi) is 3.95. The zero-order valence-electron chi connectivity index (χ0n) is 8.66. The minimum atomic E-state index is 0.662. The summed E-state index contributed by atoms with van der Waals surface area (Å²) in [7, 11) is 0. The highest BCUT2D eigenvalue weighted by molar-refractivity contribution is 8.00. The third kappa shape index (κ3) is 2.68. The summed E-state index contributed by atoms with van der Waals surface area (Å²) in [6, 6.07) is 8.07. The van der Waals surface area contributed by atoms with E-state index in [0.29, 0.717) is 11.2 Å². The van der Waals surface area contributed by atoms with Gasteiger partial charge in [0, 0.05) is 10.1 Å². The van der Waals surface area contributed by atoms with E-state index in [2.05, 4.69) is 6.07 Å². The van der Waals surface area contributed by atoms with Gasteiger partial charge in [0.25, 0.3) is 0 Å². The lowest BCUT2D eigenvalue weighted by atomic mass is 10.1. The molecule has 1 nitrogen and oxygen atoms in total. The number of hydrogen-bond donors (Lipinski definition) is 1. The molecule has 3 heteroatoms. The standard InChI is InChI=1S/C12H16ClNS/c13-10-5-1-2-6-12(10)15-11-7-3-4-9(11)8-14/h1-2,5-6,9,11H,3-4,7-8,14H2. The van der Waals surface area contributed by atoms with Crippen LogP contribution in [-0.2, 0) is 0 Å². The van der Waals surface area contributed by atoms with Crippen LogP contribution in [0.2, 0.25) is 5.02 Å². The van der Waals surface area contributed by atoms with Crippen molar-refractivity contribution in [3.05, 3.63) is 29.3 Å². The van der Waals surface area contributed by atoms with E-state index in [1.54, 1.807) is 0 Å². The number of halogens is 1. The Morgan fingerprint density at radius 3 is 2.87 bits per heavy atom. The van der Waals surface area contributed by atoms with Gasteiger partial charge in [-0.1, -0.05) is 30.2 Å². The Morgan fingerprint density at radius 2 is 2.13 bits per heavy atom. The molecule has 2 rings (SSSR count). The molecule has 0 amide bonds. The molecule has 0 bridgehead atoms. The van der Waals surface area contributed by atoms with E-state index < -0.39 is 0 Å². The lowest BCUT2D eigenvalue weighted by Gasteiger charge is -2.17. The highest BCUT2D eigenvalue weighted by Crippen LogP contribution is 2.40. The van der Waals surface area contributed by atoms with Crippen LogP contribution in [0.3, 0.4) is 0 Å². The molecule has 1 aromatic rings.